The Morgan fingerprint density at radius 2 is 1.77 bits per heavy atom. The van der Waals surface area contributed by atoms with Gasteiger partial charge in [0.2, 0.25) is 5.13 Å². The summed E-state index contributed by atoms with van der Waals surface area (Å²) in [5.41, 5.74) is 4.05. The summed E-state index contributed by atoms with van der Waals surface area (Å²) in [5, 5.41) is 16.7. The van der Waals surface area contributed by atoms with Gasteiger partial charge in [0.25, 0.3) is 5.91 Å². The highest BCUT2D eigenvalue weighted by molar-refractivity contribution is 7.15. The largest absolute Gasteiger partial charge is 0.296 e. The molecule has 0 fully saturated rings. The lowest BCUT2D eigenvalue weighted by atomic mass is 10.2. The van der Waals surface area contributed by atoms with Crippen molar-refractivity contribution in [2.45, 2.75) is 26.8 Å². The molecule has 2 aromatic heterocycles. The fourth-order valence-electron chi connectivity index (χ4n) is 3.25. The summed E-state index contributed by atoms with van der Waals surface area (Å²) < 4.78 is 14.9. The second kappa shape index (κ2) is 8.54. The maximum Gasteiger partial charge on any atom is 0.261 e. The van der Waals surface area contributed by atoms with Crippen molar-refractivity contribution in [3.05, 3.63) is 93.5 Å². The van der Waals surface area contributed by atoms with E-state index in [1.807, 2.05) is 48.9 Å². The fraction of sp³-hybridized carbons (Fsp3) is 0.182. The van der Waals surface area contributed by atoms with Crippen LogP contribution in [0.15, 0.2) is 54.6 Å². The number of amides is 1. The fourth-order valence-corrected chi connectivity index (χ4v) is 4.02. The van der Waals surface area contributed by atoms with Crippen molar-refractivity contribution in [1.29, 1.82) is 0 Å². The van der Waals surface area contributed by atoms with E-state index in [4.69, 9.17) is 0 Å². The number of nitrogens with one attached hydrogen (secondary N) is 1. The number of nitrogens with zero attached hydrogens (tertiary/aromatic N) is 4. The van der Waals surface area contributed by atoms with Crippen LogP contribution in [0.25, 0.3) is 0 Å². The average molecular weight is 422 g/mol. The van der Waals surface area contributed by atoms with Gasteiger partial charge in [0, 0.05) is 12.1 Å². The first-order chi connectivity index (χ1) is 14.5. The van der Waals surface area contributed by atoms with Crippen LogP contribution in [0.3, 0.4) is 0 Å². The number of aryl methyl sites for hydroxylation is 1. The van der Waals surface area contributed by atoms with Crippen LogP contribution in [0, 0.1) is 19.7 Å². The molecular formula is C22H20FN5OS. The second-order valence-electron chi connectivity index (χ2n) is 6.95. The number of hydrogen-bond donors (Lipinski definition) is 1. The lowest BCUT2D eigenvalue weighted by molar-refractivity contribution is 0.102. The van der Waals surface area contributed by atoms with Crippen LogP contribution in [0.1, 0.15) is 37.9 Å². The number of rotatable bonds is 6. The smallest absolute Gasteiger partial charge is 0.261 e. The zero-order valence-electron chi connectivity index (χ0n) is 16.6. The lowest BCUT2D eigenvalue weighted by Gasteiger charge is -2.05. The van der Waals surface area contributed by atoms with Crippen molar-refractivity contribution >= 4 is 22.4 Å². The normalized spacial score (nSPS) is 10.9. The molecule has 0 saturated heterocycles. The van der Waals surface area contributed by atoms with Crippen LogP contribution in [0.2, 0.25) is 0 Å². The van der Waals surface area contributed by atoms with Gasteiger partial charge in [-0.15, -0.1) is 10.2 Å². The monoisotopic (exact) mass is 421 g/mol. The number of carbonyl (C=O) groups excluding carboxylic acids is 1. The molecule has 2 heterocycles. The van der Waals surface area contributed by atoms with Crippen LogP contribution in [0.4, 0.5) is 9.52 Å². The molecule has 0 aliphatic heterocycles. The van der Waals surface area contributed by atoms with Gasteiger partial charge >= 0.3 is 0 Å². The quantitative estimate of drug-likeness (QED) is 0.501. The van der Waals surface area contributed by atoms with Crippen molar-refractivity contribution < 1.29 is 9.18 Å². The molecule has 8 heteroatoms. The Balaban J connectivity index is 1.46. The van der Waals surface area contributed by atoms with Crippen LogP contribution in [-0.4, -0.2) is 25.9 Å². The average Bonchev–Trinajstić information content (AvgIpc) is 3.28. The van der Waals surface area contributed by atoms with Gasteiger partial charge in [0.15, 0.2) is 0 Å². The Morgan fingerprint density at radius 1 is 1.03 bits per heavy atom. The van der Waals surface area contributed by atoms with E-state index < -0.39 is 0 Å². The van der Waals surface area contributed by atoms with Gasteiger partial charge < -0.3 is 0 Å². The van der Waals surface area contributed by atoms with E-state index in [9.17, 15) is 9.18 Å². The van der Waals surface area contributed by atoms with Gasteiger partial charge in [-0.2, -0.15) is 5.10 Å². The molecule has 30 heavy (non-hydrogen) atoms. The van der Waals surface area contributed by atoms with Crippen LogP contribution >= 0.6 is 11.3 Å². The van der Waals surface area contributed by atoms with Crippen molar-refractivity contribution in [2.24, 2.45) is 0 Å². The summed E-state index contributed by atoms with van der Waals surface area (Å²) in [5.74, 6) is -0.531. The molecular weight excluding hydrogens is 401 g/mol. The van der Waals surface area contributed by atoms with E-state index in [2.05, 4.69) is 20.6 Å². The van der Waals surface area contributed by atoms with Crippen LogP contribution < -0.4 is 5.32 Å². The summed E-state index contributed by atoms with van der Waals surface area (Å²) in [6.45, 7) is 4.31. The van der Waals surface area contributed by atoms with E-state index in [0.717, 1.165) is 21.8 Å². The van der Waals surface area contributed by atoms with Crippen molar-refractivity contribution in [2.75, 3.05) is 5.32 Å². The molecule has 152 valence electrons. The van der Waals surface area contributed by atoms with E-state index in [0.29, 0.717) is 29.4 Å². The molecule has 0 aliphatic rings. The first kappa shape index (κ1) is 19.9. The predicted molar refractivity (Wildman–Crippen MR) is 114 cm³/mol. The number of benzene rings is 2. The van der Waals surface area contributed by atoms with Crippen molar-refractivity contribution in [3.8, 4) is 0 Å². The molecule has 0 saturated carbocycles. The molecule has 0 aliphatic carbocycles. The molecule has 1 amide bonds. The third-order valence-corrected chi connectivity index (χ3v) is 5.58. The van der Waals surface area contributed by atoms with E-state index in [-0.39, 0.29) is 11.7 Å². The molecule has 2 aromatic carbocycles. The SMILES string of the molecule is Cc1nn(Cc2ccccc2)c(C)c1C(=O)Nc1nnc(Cc2ccc(F)cc2)s1. The summed E-state index contributed by atoms with van der Waals surface area (Å²) in [6.07, 6.45) is 0.529. The molecule has 0 unspecified atom stereocenters. The molecule has 0 radical (unpaired) electrons. The minimum absolute atomic E-state index is 0.256. The summed E-state index contributed by atoms with van der Waals surface area (Å²) in [4.78, 5) is 12.9. The topological polar surface area (TPSA) is 72.7 Å². The molecule has 6 nitrogen and oxygen atoms in total. The minimum Gasteiger partial charge on any atom is -0.296 e. The second-order valence-corrected chi connectivity index (χ2v) is 8.01. The first-order valence-electron chi connectivity index (χ1n) is 9.45. The Labute approximate surface area is 177 Å². The number of halogens is 1. The molecule has 1 N–H and O–H groups in total. The molecule has 4 rings (SSSR count). The van der Waals surface area contributed by atoms with Gasteiger partial charge in [0.1, 0.15) is 10.8 Å². The highest BCUT2D eigenvalue weighted by Crippen LogP contribution is 2.21. The summed E-state index contributed by atoms with van der Waals surface area (Å²) >= 11 is 1.30. The van der Waals surface area contributed by atoms with E-state index in [1.54, 1.807) is 12.1 Å². The molecule has 0 spiro atoms. The Hall–Kier alpha value is -3.39. The van der Waals surface area contributed by atoms with E-state index in [1.165, 1.54) is 23.5 Å². The van der Waals surface area contributed by atoms with Crippen LogP contribution in [-0.2, 0) is 13.0 Å². The van der Waals surface area contributed by atoms with Gasteiger partial charge in [-0.05, 0) is 37.1 Å². The van der Waals surface area contributed by atoms with Gasteiger partial charge in [-0.1, -0.05) is 53.8 Å². The van der Waals surface area contributed by atoms with Crippen molar-refractivity contribution in [3.63, 3.8) is 0 Å². The molecule has 4 aromatic rings. The lowest BCUT2D eigenvalue weighted by Crippen LogP contribution is -2.14. The van der Waals surface area contributed by atoms with Gasteiger partial charge in [-0.3, -0.25) is 14.8 Å². The predicted octanol–water partition coefficient (Wildman–Crippen LogP) is 4.38. The standard InChI is InChI=1S/C22H20FN5OS/c1-14-20(15(2)28(27-14)13-17-6-4-3-5-7-17)21(29)24-22-26-25-19(30-22)12-16-8-10-18(23)11-9-16/h3-11H,12-13H2,1-2H3,(H,24,26,29). The number of aromatic nitrogens is 4. The zero-order valence-corrected chi connectivity index (χ0v) is 17.4. The highest BCUT2D eigenvalue weighted by atomic mass is 32.1. The summed E-state index contributed by atoms with van der Waals surface area (Å²) in [6, 6.07) is 16.2. The molecule has 0 atom stereocenters. The first-order valence-corrected chi connectivity index (χ1v) is 10.3. The van der Waals surface area contributed by atoms with Gasteiger partial charge in [-0.25, -0.2) is 4.39 Å². The summed E-state index contributed by atoms with van der Waals surface area (Å²) in [7, 11) is 0. The number of hydrogen-bond acceptors (Lipinski definition) is 5. The Morgan fingerprint density at radius 3 is 2.50 bits per heavy atom. The maximum atomic E-state index is 13.0. The Kier molecular flexibility index (Phi) is 5.67. The Bertz CT molecular complexity index is 1170. The highest BCUT2D eigenvalue weighted by Gasteiger charge is 2.20. The third-order valence-electron chi connectivity index (χ3n) is 4.74. The minimum atomic E-state index is -0.275. The zero-order chi connectivity index (χ0) is 21.1. The third kappa shape index (κ3) is 4.44. The van der Waals surface area contributed by atoms with E-state index >= 15 is 0 Å². The molecule has 0 bridgehead atoms. The van der Waals surface area contributed by atoms with Gasteiger partial charge in [0.05, 0.1) is 17.8 Å². The van der Waals surface area contributed by atoms with Crippen molar-refractivity contribution in [1.82, 2.24) is 20.0 Å². The van der Waals surface area contributed by atoms with Crippen LogP contribution in [0.5, 0.6) is 0 Å². The maximum absolute atomic E-state index is 13.0. The number of anilines is 1. The number of carbonyl (C=O) groups is 1.